The van der Waals surface area contributed by atoms with Gasteiger partial charge in [0, 0.05) is 21.8 Å². The monoisotopic (exact) mass is 341 g/mol. The highest BCUT2D eigenvalue weighted by Gasteiger charge is 2.14. The molecule has 0 unspecified atom stereocenters. The molecule has 4 heteroatoms. The second-order valence-electron chi connectivity index (χ2n) is 6.68. The Morgan fingerprint density at radius 1 is 0.731 bits per heavy atom. The van der Waals surface area contributed by atoms with Crippen LogP contribution in [0.2, 0.25) is 0 Å². The van der Waals surface area contributed by atoms with Crippen molar-refractivity contribution in [2.75, 3.05) is 0 Å². The van der Waals surface area contributed by atoms with Crippen molar-refractivity contribution in [1.82, 2.24) is 14.1 Å². The Kier molecular flexibility index (Phi) is 3.50. The van der Waals surface area contributed by atoms with Gasteiger partial charge in [-0.25, -0.2) is 4.98 Å². The van der Waals surface area contributed by atoms with Crippen LogP contribution in [-0.4, -0.2) is 25.3 Å². The number of fused-ring (bicyclic) bond motifs is 4. The van der Waals surface area contributed by atoms with Gasteiger partial charge in [-0.2, -0.15) is 0 Å². The van der Waals surface area contributed by atoms with Crippen molar-refractivity contribution in [1.29, 1.82) is 0 Å². The molecule has 128 valence electrons. The molecule has 1 atom stereocenters. The van der Waals surface area contributed by atoms with Crippen molar-refractivity contribution < 1.29 is 5.11 Å². The lowest BCUT2D eigenvalue weighted by atomic mass is 10.2. The zero-order chi connectivity index (χ0) is 17.5. The SMILES string of the molecule is O[C@@H](Cn1cnc2ccccc21)Cn1c2ccccc2c2ccccc21. The first-order valence-corrected chi connectivity index (χ1v) is 8.85. The summed E-state index contributed by atoms with van der Waals surface area (Å²) in [7, 11) is 0. The summed E-state index contributed by atoms with van der Waals surface area (Å²) in [6, 6.07) is 24.8. The van der Waals surface area contributed by atoms with E-state index in [1.165, 1.54) is 10.8 Å². The number of aliphatic hydroxyl groups is 1. The number of aromatic nitrogens is 3. The van der Waals surface area contributed by atoms with Crippen LogP contribution in [0.1, 0.15) is 0 Å². The van der Waals surface area contributed by atoms with E-state index in [4.69, 9.17) is 0 Å². The lowest BCUT2D eigenvalue weighted by Gasteiger charge is -2.15. The molecule has 0 aliphatic heterocycles. The number of rotatable bonds is 4. The number of benzene rings is 3. The summed E-state index contributed by atoms with van der Waals surface area (Å²) in [6.45, 7) is 1.06. The number of imidazole rings is 1. The van der Waals surface area contributed by atoms with E-state index in [1.54, 1.807) is 6.33 Å². The molecule has 2 aromatic heterocycles. The number of para-hydroxylation sites is 4. The third kappa shape index (κ3) is 2.38. The van der Waals surface area contributed by atoms with E-state index in [0.29, 0.717) is 13.1 Å². The van der Waals surface area contributed by atoms with E-state index in [0.717, 1.165) is 22.1 Å². The van der Waals surface area contributed by atoms with Gasteiger partial charge in [-0.1, -0.05) is 48.5 Å². The Bertz CT molecular complexity index is 1160. The molecule has 5 aromatic rings. The van der Waals surface area contributed by atoms with Gasteiger partial charge in [-0.15, -0.1) is 0 Å². The molecule has 2 heterocycles. The fraction of sp³-hybridized carbons (Fsp3) is 0.136. The fourth-order valence-electron chi connectivity index (χ4n) is 3.85. The number of hydrogen-bond acceptors (Lipinski definition) is 2. The molecule has 0 bridgehead atoms. The molecule has 0 radical (unpaired) electrons. The summed E-state index contributed by atoms with van der Waals surface area (Å²) in [6.07, 6.45) is 1.30. The molecule has 0 aliphatic rings. The second kappa shape index (κ2) is 6.00. The maximum absolute atomic E-state index is 10.8. The predicted molar refractivity (Wildman–Crippen MR) is 105 cm³/mol. The van der Waals surface area contributed by atoms with Gasteiger partial charge in [0.1, 0.15) is 0 Å². The lowest BCUT2D eigenvalue weighted by Crippen LogP contribution is -2.21. The number of aliphatic hydroxyl groups excluding tert-OH is 1. The van der Waals surface area contributed by atoms with Crippen molar-refractivity contribution in [2.45, 2.75) is 19.2 Å². The molecular weight excluding hydrogens is 322 g/mol. The normalized spacial score (nSPS) is 13.0. The van der Waals surface area contributed by atoms with Gasteiger partial charge >= 0.3 is 0 Å². The summed E-state index contributed by atoms with van der Waals surface area (Å²) >= 11 is 0. The first kappa shape index (κ1) is 15.2. The van der Waals surface area contributed by atoms with Crippen LogP contribution in [0.15, 0.2) is 79.1 Å². The highest BCUT2D eigenvalue weighted by atomic mass is 16.3. The Morgan fingerprint density at radius 3 is 2.00 bits per heavy atom. The summed E-state index contributed by atoms with van der Waals surface area (Å²) < 4.78 is 4.24. The summed E-state index contributed by atoms with van der Waals surface area (Å²) in [5.74, 6) is 0. The Morgan fingerprint density at radius 2 is 1.31 bits per heavy atom. The van der Waals surface area contributed by atoms with Crippen LogP contribution >= 0.6 is 0 Å². The second-order valence-corrected chi connectivity index (χ2v) is 6.68. The summed E-state index contributed by atoms with van der Waals surface area (Å²) in [4.78, 5) is 4.41. The molecule has 0 aliphatic carbocycles. The zero-order valence-electron chi connectivity index (χ0n) is 14.3. The molecule has 3 aromatic carbocycles. The third-order valence-corrected chi connectivity index (χ3v) is 5.01. The van der Waals surface area contributed by atoms with Crippen molar-refractivity contribution in [3.63, 3.8) is 0 Å². The minimum atomic E-state index is -0.508. The van der Waals surface area contributed by atoms with Crippen LogP contribution in [-0.2, 0) is 13.1 Å². The van der Waals surface area contributed by atoms with E-state index < -0.39 is 6.10 Å². The topological polar surface area (TPSA) is 43.0 Å². The lowest BCUT2D eigenvalue weighted by molar-refractivity contribution is 0.138. The van der Waals surface area contributed by atoms with Crippen LogP contribution in [0.5, 0.6) is 0 Å². The minimum absolute atomic E-state index is 0.508. The Hall–Kier alpha value is -3.11. The zero-order valence-corrected chi connectivity index (χ0v) is 14.3. The highest BCUT2D eigenvalue weighted by Crippen LogP contribution is 2.29. The Labute approximate surface area is 150 Å². The largest absolute Gasteiger partial charge is 0.389 e. The van der Waals surface area contributed by atoms with Gasteiger partial charge in [0.15, 0.2) is 0 Å². The standard InChI is InChI=1S/C22H19N3O/c26-16(13-24-15-23-19-9-3-6-12-22(19)24)14-25-20-10-4-1-7-17(20)18-8-2-5-11-21(18)25/h1-12,15-16,26H,13-14H2/t16-/m0/s1. The van der Waals surface area contributed by atoms with Crippen molar-refractivity contribution in [3.05, 3.63) is 79.1 Å². The molecule has 4 nitrogen and oxygen atoms in total. The van der Waals surface area contributed by atoms with Crippen LogP contribution in [0, 0.1) is 0 Å². The minimum Gasteiger partial charge on any atom is -0.389 e. The maximum Gasteiger partial charge on any atom is 0.0959 e. The van der Waals surface area contributed by atoms with Crippen LogP contribution in [0.4, 0.5) is 0 Å². The van der Waals surface area contributed by atoms with Crippen LogP contribution in [0.25, 0.3) is 32.8 Å². The first-order chi connectivity index (χ1) is 12.8. The van der Waals surface area contributed by atoms with Gasteiger partial charge in [0.25, 0.3) is 0 Å². The smallest absolute Gasteiger partial charge is 0.0959 e. The highest BCUT2D eigenvalue weighted by molar-refractivity contribution is 6.07. The van der Waals surface area contributed by atoms with Gasteiger partial charge in [0.2, 0.25) is 0 Å². The van der Waals surface area contributed by atoms with E-state index in [-0.39, 0.29) is 0 Å². The predicted octanol–water partition coefficient (Wildman–Crippen LogP) is 4.21. The maximum atomic E-state index is 10.8. The van der Waals surface area contributed by atoms with Gasteiger partial charge in [0.05, 0.1) is 36.6 Å². The Balaban J connectivity index is 1.52. The fourth-order valence-corrected chi connectivity index (χ4v) is 3.85. The molecule has 0 saturated carbocycles. The van der Waals surface area contributed by atoms with Crippen molar-refractivity contribution >= 4 is 32.8 Å². The molecule has 26 heavy (non-hydrogen) atoms. The summed E-state index contributed by atoms with van der Waals surface area (Å²) in [5.41, 5.74) is 4.32. The van der Waals surface area contributed by atoms with E-state index in [1.807, 2.05) is 41.0 Å². The molecule has 0 saturated heterocycles. The molecule has 0 fully saturated rings. The van der Waals surface area contributed by atoms with E-state index in [2.05, 4.69) is 45.9 Å². The first-order valence-electron chi connectivity index (χ1n) is 8.85. The van der Waals surface area contributed by atoms with Gasteiger partial charge in [-0.05, 0) is 24.3 Å². The molecule has 0 spiro atoms. The molecule has 0 amide bonds. The van der Waals surface area contributed by atoms with E-state index in [9.17, 15) is 5.11 Å². The number of hydrogen-bond donors (Lipinski definition) is 1. The quantitative estimate of drug-likeness (QED) is 0.532. The summed E-state index contributed by atoms with van der Waals surface area (Å²) in [5, 5.41) is 13.3. The van der Waals surface area contributed by atoms with Gasteiger partial charge in [-0.3, -0.25) is 0 Å². The molecule has 5 rings (SSSR count). The van der Waals surface area contributed by atoms with E-state index >= 15 is 0 Å². The average Bonchev–Trinajstić information content (AvgIpc) is 3.22. The van der Waals surface area contributed by atoms with Crippen molar-refractivity contribution in [3.8, 4) is 0 Å². The molecule has 1 N–H and O–H groups in total. The third-order valence-electron chi connectivity index (χ3n) is 5.01. The van der Waals surface area contributed by atoms with Crippen molar-refractivity contribution in [2.24, 2.45) is 0 Å². The molecular formula is C22H19N3O. The number of nitrogens with zero attached hydrogens (tertiary/aromatic N) is 3. The average molecular weight is 341 g/mol. The van der Waals surface area contributed by atoms with Crippen LogP contribution < -0.4 is 0 Å². The van der Waals surface area contributed by atoms with Gasteiger partial charge < -0.3 is 14.2 Å². The van der Waals surface area contributed by atoms with Crippen LogP contribution in [0.3, 0.4) is 0 Å².